The number of aliphatic hydroxyl groups is 1. The van der Waals surface area contributed by atoms with Crippen LogP contribution in [0.2, 0.25) is 0 Å². The van der Waals surface area contributed by atoms with Crippen LogP contribution in [0.1, 0.15) is 25.5 Å². The second kappa shape index (κ2) is 8.59. The Morgan fingerprint density at radius 2 is 2.03 bits per heavy atom. The topological polar surface area (TPSA) is 83.0 Å². The minimum Gasteiger partial charge on any atom is -0.396 e. The summed E-state index contributed by atoms with van der Waals surface area (Å²) in [6, 6.07) is 8.26. The van der Waals surface area contributed by atoms with Crippen LogP contribution in [0.15, 0.2) is 24.3 Å². The molecular weight excluding hydrogens is 389 g/mol. The summed E-state index contributed by atoms with van der Waals surface area (Å²) in [7, 11) is 0. The minimum absolute atomic E-state index is 0.172. The number of hydrogen-bond acceptors (Lipinski definition) is 7. The number of para-hydroxylation sites is 1. The lowest BCUT2D eigenvalue weighted by Gasteiger charge is -2.21. The molecule has 0 unspecified atom stereocenters. The van der Waals surface area contributed by atoms with Crippen molar-refractivity contribution in [3.63, 3.8) is 0 Å². The Hall–Kier alpha value is -2.32. The van der Waals surface area contributed by atoms with Crippen molar-refractivity contribution >= 4 is 33.3 Å². The first kappa shape index (κ1) is 20.0. The maximum Gasteiger partial charge on any atom is 0.224 e. The summed E-state index contributed by atoms with van der Waals surface area (Å²) in [6.07, 6.45) is 1.88. The van der Waals surface area contributed by atoms with E-state index in [1.165, 1.54) is 0 Å². The van der Waals surface area contributed by atoms with E-state index in [0.29, 0.717) is 23.6 Å². The van der Waals surface area contributed by atoms with Crippen LogP contribution in [0.25, 0.3) is 20.8 Å². The molecule has 6 nitrogen and oxygen atoms in total. The number of thiazole rings is 1. The van der Waals surface area contributed by atoms with Crippen LogP contribution in [-0.4, -0.2) is 45.9 Å². The first-order chi connectivity index (χ1) is 14.1. The summed E-state index contributed by atoms with van der Waals surface area (Å²) in [5, 5.41) is 17.0. The molecule has 0 radical (unpaired) electrons. The molecule has 4 rings (SSSR count). The Morgan fingerprint density at radius 1 is 1.21 bits per heavy atom. The second-order valence-corrected chi connectivity index (χ2v) is 8.74. The van der Waals surface area contributed by atoms with Gasteiger partial charge in [-0.1, -0.05) is 19.1 Å². The molecule has 1 aliphatic rings. The average Bonchev–Trinajstić information content (AvgIpc) is 3.29. The number of fused-ring (bicyclic) bond motifs is 1. The molecule has 1 aromatic carbocycles. The standard InChI is InChI=1S/C21H26FN5OS/c1-12-9-14(11-28)10-16(12)25-19-18(13(2)24-21(27-19)23-8-7-22)20-26-15-5-3-4-6-17(15)29-20/h3-6,12,14,16,28H,7-11H2,1-2H3,(H2,23,24,25,27)/t12-,14-,16-/m1/s1. The number of benzene rings is 1. The Labute approximate surface area is 173 Å². The molecule has 1 saturated carbocycles. The van der Waals surface area contributed by atoms with Crippen LogP contribution in [0.4, 0.5) is 16.2 Å². The molecule has 2 heterocycles. The van der Waals surface area contributed by atoms with E-state index in [-0.39, 0.29) is 19.2 Å². The van der Waals surface area contributed by atoms with Gasteiger partial charge in [-0.3, -0.25) is 0 Å². The van der Waals surface area contributed by atoms with Crippen molar-refractivity contribution in [3.8, 4) is 10.6 Å². The first-order valence-electron chi connectivity index (χ1n) is 10.0. The van der Waals surface area contributed by atoms with Crippen molar-refractivity contribution in [2.45, 2.75) is 32.7 Å². The van der Waals surface area contributed by atoms with Crippen LogP contribution >= 0.6 is 11.3 Å². The highest BCUT2D eigenvalue weighted by molar-refractivity contribution is 7.21. The molecule has 0 bridgehead atoms. The molecule has 154 valence electrons. The lowest BCUT2D eigenvalue weighted by molar-refractivity contribution is 0.226. The third-order valence-corrected chi connectivity index (χ3v) is 6.59. The predicted octanol–water partition coefficient (Wildman–Crippen LogP) is 4.26. The van der Waals surface area contributed by atoms with Gasteiger partial charge in [0.25, 0.3) is 0 Å². The molecular formula is C21H26FN5OS. The van der Waals surface area contributed by atoms with Crippen LogP contribution < -0.4 is 10.6 Å². The van der Waals surface area contributed by atoms with Gasteiger partial charge in [-0.2, -0.15) is 4.98 Å². The zero-order valence-electron chi connectivity index (χ0n) is 16.7. The maximum absolute atomic E-state index is 12.6. The number of aryl methyl sites for hydroxylation is 1. The van der Waals surface area contributed by atoms with E-state index in [9.17, 15) is 9.50 Å². The van der Waals surface area contributed by atoms with Gasteiger partial charge >= 0.3 is 0 Å². The highest BCUT2D eigenvalue weighted by atomic mass is 32.1. The number of aromatic nitrogens is 3. The van der Waals surface area contributed by atoms with Crippen molar-refractivity contribution in [2.75, 3.05) is 30.5 Å². The molecule has 0 aliphatic heterocycles. The zero-order valence-corrected chi connectivity index (χ0v) is 17.5. The van der Waals surface area contributed by atoms with Gasteiger partial charge in [-0.05, 0) is 43.7 Å². The highest BCUT2D eigenvalue weighted by Crippen LogP contribution is 2.39. The smallest absolute Gasteiger partial charge is 0.224 e. The number of nitrogens with zero attached hydrogens (tertiary/aromatic N) is 3. The molecule has 0 spiro atoms. The predicted molar refractivity (Wildman–Crippen MR) is 116 cm³/mol. The molecule has 0 saturated heterocycles. The lowest BCUT2D eigenvalue weighted by Crippen LogP contribution is -2.24. The zero-order chi connectivity index (χ0) is 20.4. The molecule has 3 aromatic rings. The Balaban J connectivity index is 1.74. The summed E-state index contributed by atoms with van der Waals surface area (Å²) in [5.41, 5.74) is 2.64. The Kier molecular flexibility index (Phi) is 5.91. The van der Waals surface area contributed by atoms with Gasteiger partial charge in [0.05, 0.1) is 21.5 Å². The summed E-state index contributed by atoms with van der Waals surface area (Å²) in [6.45, 7) is 4.03. The average molecular weight is 416 g/mol. The SMILES string of the molecule is Cc1nc(NCCF)nc(N[C@@H]2C[C@H](CO)C[C@H]2C)c1-c1nc2ccccc2s1. The number of halogens is 1. The molecule has 0 amide bonds. The van der Waals surface area contributed by atoms with Crippen LogP contribution in [-0.2, 0) is 0 Å². The van der Waals surface area contributed by atoms with Crippen LogP contribution in [0.5, 0.6) is 0 Å². The van der Waals surface area contributed by atoms with Crippen LogP contribution in [0.3, 0.4) is 0 Å². The molecule has 1 aliphatic carbocycles. The molecule has 3 atom stereocenters. The van der Waals surface area contributed by atoms with E-state index < -0.39 is 6.67 Å². The Morgan fingerprint density at radius 3 is 2.76 bits per heavy atom. The van der Waals surface area contributed by atoms with Gasteiger partial charge in [0.1, 0.15) is 17.5 Å². The van der Waals surface area contributed by atoms with Crippen molar-refractivity contribution in [1.29, 1.82) is 0 Å². The number of rotatable bonds is 7. The molecule has 3 N–H and O–H groups in total. The molecule has 2 aromatic heterocycles. The van der Waals surface area contributed by atoms with Gasteiger partial charge in [0.2, 0.25) is 5.95 Å². The van der Waals surface area contributed by atoms with Gasteiger partial charge < -0.3 is 15.7 Å². The fourth-order valence-electron chi connectivity index (χ4n) is 4.05. The summed E-state index contributed by atoms with van der Waals surface area (Å²) in [5.74, 6) is 1.86. The van der Waals surface area contributed by atoms with Gasteiger partial charge in [0.15, 0.2) is 0 Å². The van der Waals surface area contributed by atoms with Crippen molar-refractivity contribution in [1.82, 2.24) is 15.0 Å². The van der Waals surface area contributed by atoms with Gasteiger partial charge in [0, 0.05) is 19.2 Å². The van der Waals surface area contributed by atoms with E-state index in [1.807, 2.05) is 25.1 Å². The highest BCUT2D eigenvalue weighted by Gasteiger charge is 2.32. The number of nitrogens with one attached hydrogen (secondary N) is 2. The monoisotopic (exact) mass is 415 g/mol. The molecule has 8 heteroatoms. The number of alkyl halides is 1. The third kappa shape index (κ3) is 4.18. The van der Waals surface area contributed by atoms with Crippen molar-refractivity contribution in [3.05, 3.63) is 30.0 Å². The van der Waals surface area contributed by atoms with Crippen LogP contribution in [0, 0.1) is 18.8 Å². The van der Waals surface area contributed by atoms with E-state index in [0.717, 1.165) is 39.3 Å². The van der Waals surface area contributed by atoms with Gasteiger partial charge in [-0.25, -0.2) is 14.4 Å². The molecule has 1 fully saturated rings. The first-order valence-corrected chi connectivity index (χ1v) is 10.8. The second-order valence-electron chi connectivity index (χ2n) is 7.71. The number of aliphatic hydroxyl groups excluding tert-OH is 1. The summed E-state index contributed by atoms with van der Waals surface area (Å²) < 4.78 is 13.8. The minimum atomic E-state index is -0.484. The third-order valence-electron chi connectivity index (χ3n) is 5.53. The summed E-state index contributed by atoms with van der Waals surface area (Å²) >= 11 is 1.61. The van der Waals surface area contributed by atoms with E-state index >= 15 is 0 Å². The summed E-state index contributed by atoms with van der Waals surface area (Å²) in [4.78, 5) is 14.0. The fourth-order valence-corrected chi connectivity index (χ4v) is 5.12. The van der Waals surface area contributed by atoms with E-state index in [2.05, 4.69) is 33.6 Å². The fraction of sp³-hybridized carbons (Fsp3) is 0.476. The van der Waals surface area contributed by atoms with E-state index in [4.69, 9.17) is 4.98 Å². The van der Waals surface area contributed by atoms with Crippen molar-refractivity contribution < 1.29 is 9.50 Å². The normalized spacial score (nSPS) is 21.6. The number of anilines is 2. The van der Waals surface area contributed by atoms with E-state index in [1.54, 1.807) is 11.3 Å². The maximum atomic E-state index is 12.6. The Bertz CT molecular complexity index is 961. The lowest BCUT2D eigenvalue weighted by atomic mass is 10.1. The largest absolute Gasteiger partial charge is 0.396 e. The quantitative estimate of drug-likeness (QED) is 0.535. The van der Waals surface area contributed by atoms with Gasteiger partial charge in [-0.15, -0.1) is 11.3 Å². The van der Waals surface area contributed by atoms with Crippen molar-refractivity contribution in [2.24, 2.45) is 11.8 Å². The number of hydrogen-bond donors (Lipinski definition) is 3. The molecule has 29 heavy (non-hydrogen) atoms.